The Morgan fingerprint density at radius 2 is 1.25 bits per heavy atom. The normalized spacial score (nSPS) is 12.4. The molecule has 0 radical (unpaired) electrons. The monoisotopic (exact) mass is 476 g/mol. The number of benzene rings is 1. The van der Waals surface area contributed by atoms with Crippen molar-refractivity contribution in [2.75, 3.05) is 5.75 Å². The van der Waals surface area contributed by atoms with Gasteiger partial charge in [0.1, 0.15) is 5.75 Å². The van der Waals surface area contributed by atoms with E-state index in [1.54, 1.807) is 0 Å². The fourth-order valence-corrected chi connectivity index (χ4v) is 4.57. The summed E-state index contributed by atoms with van der Waals surface area (Å²) >= 11 is 0. The van der Waals surface area contributed by atoms with Gasteiger partial charge >= 0.3 is 29.6 Å². The summed E-state index contributed by atoms with van der Waals surface area (Å²) in [5.74, 6) is 0.556. The van der Waals surface area contributed by atoms with E-state index in [2.05, 4.69) is 32.0 Å². The van der Waals surface area contributed by atoms with Crippen molar-refractivity contribution in [3.05, 3.63) is 29.3 Å². The van der Waals surface area contributed by atoms with Crippen molar-refractivity contribution in [1.82, 2.24) is 0 Å². The van der Waals surface area contributed by atoms with Crippen LogP contribution >= 0.6 is 0 Å². The largest absolute Gasteiger partial charge is 1.00 e. The molecule has 0 bridgehead atoms. The molecule has 1 aromatic rings. The molecule has 0 spiro atoms. The first-order valence-corrected chi connectivity index (χ1v) is 14.2. The van der Waals surface area contributed by atoms with Gasteiger partial charge in [0.05, 0.1) is 16.2 Å². The van der Waals surface area contributed by atoms with E-state index in [-0.39, 0.29) is 47.8 Å². The third-order valence-electron chi connectivity index (χ3n) is 5.87. The van der Waals surface area contributed by atoms with Gasteiger partial charge in [-0.3, -0.25) is 0 Å². The topological polar surface area (TPSA) is 66.4 Å². The third-order valence-corrected chi connectivity index (χ3v) is 6.61. The van der Waals surface area contributed by atoms with Crippen molar-refractivity contribution in [2.24, 2.45) is 0 Å². The van der Waals surface area contributed by atoms with Crippen molar-refractivity contribution >= 4 is 10.1 Å². The minimum absolute atomic E-state index is 0. The SMILES string of the molecule is CCCCCCCCc1cccc(CCCCCCCC)c1OC(C)CCS(=O)(=O)[O-].[Na+]. The number of ether oxygens (including phenoxy) is 1. The Balaban J connectivity index is 0.00000961. The number of aryl methyl sites for hydroxylation is 2. The smallest absolute Gasteiger partial charge is 0.748 e. The van der Waals surface area contributed by atoms with E-state index in [9.17, 15) is 13.0 Å². The minimum Gasteiger partial charge on any atom is -0.748 e. The summed E-state index contributed by atoms with van der Waals surface area (Å²) in [6.45, 7) is 6.33. The molecule has 0 N–H and O–H groups in total. The first-order chi connectivity index (χ1) is 14.9. The van der Waals surface area contributed by atoms with Crippen molar-refractivity contribution < 1.29 is 47.3 Å². The van der Waals surface area contributed by atoms with E-state index >= 15 is 0 Å². The molecule has 0 aliphatic rings. The van der Waals surface area contributed by atoms with Gasteiger partial charge in [-0.1, -0.05) is 96.3 Å². The second kappa shape index (κ2) is 19.3. The first-order valence-electron chi connectivity index (χ1n) is 12.6. The Kier molecular flexibility index (Phi) is 19.2. The van der Waals surface area contributed by atoms with E-state index in [0.29, 0.717) is 0 Å². The predicted octanol–water partition coefficient (Wildman–Crippen LogP) is 4.20. The van der Waals surface area contributed by atoms with Gasteiger partial charge in [-0.25, -0.2) is 8.42 Å². The molecule has 0 saturated carbocycles. The van der Waals surface area contributed by atoms with Gasteiger partial charge in [0.25, 0.3) is 0 Å². The summed E-state index contributed by atoms with van der Waals surface area (Å²) in [5.41, 5.74) is 2.44. The van der Waals surface area contributed by atoms with E-state index in [1.165, 1.54) is 75.3 Å². The number of para-hydroxylation sites is 1. The molecular formula is C26H45NaO4S. The average molecular weight is 477 g/mol. The van der Waals surface area contributed by atoms with E-state index in [4.69, 9.17) is 4.74 Å². The molecule has 6 heteroatoms. The third kappa shape index (κ3) is 15.7. The Morgan fingerprint density at radius 3 is 1.69 bits per heavy atom. The maximum atomic E-state index is 11.0. The van der Waals surface area contributed by atoms with Crippen LogP contribution in [0.4, 0.5) is 0 Å². The fraction of sp³-hybridized carbons (Fsp3) is 0.769. The van der Waals surface area contributed by atoms with Gasteiger partial charge in [-0.15, -0.1) is 0 Å². The Labute approximate surface area is 220 Å². The van der Waals surface area contributed by atoms with Crippen LogP contribution in [-0.4, -0.2) is 24.8 Å². The summed E-state index contributed by atoms with van der Waals surface area (Å²) in [4.78, 5) is 0. The molecule has 0 aromatic heterocycles. The molecule has 0 aliphatic carbocycles. The number of unbranched alkanes of at least 4 members (excludes halogenated alkanes) is 10. The van der Waals surface area contributed by atoms with Crippen LogP contribution in [0.3, 0.4) is 0 Å². The quantitative estimate of drug-likeness (QED) is 0.171. The summed E-state index contributed by atoms with van der Waals surface area (Å²) in [7, 11) is -4.21. The molecule has 1 aromatic carbocycles. The van der Waals surface area contributed by atoms with Crippen LogP contribution < -0.4 is 34.3 Å². The van der Waals surface area contributed by atoms with Crippen LogP contribution in [-0.2, 0) is 23.0 Å². The van der Waals surface area contributed by atoms with Gasteiger partial charge in [0, 0.05) is 5.75 Å². The second-order valence-corrected chi connectivity index (χ2v) is 10.4. The van der Waals surface area contributed by atoms with Crippen molar-refractivity contribution in [2.45, 2.75) is 123 Å². The molecule has 1 rings (SSSR count). The predicted molar refractivity (Wildman–Crippen MR) is 130 cm³/mol. The van der Waals surface area contributed by atoms with E-state index in [0.717, 1.165) is 31.4 Å². The standard InChI is InChI=1S/C26H46O4S.Na/c1-4-6-8-10-12-14-17-24-19-16-20-25(18-15-13-11-9-7-5-2)26(24)30-23(3)21-22-31(27,28)29;/h16,19-20,23H,4-15,17-18,21-22H2,1-3H3,(H,27,28,29);/q;+1/p-1. The minimum atomic E-state index is -4.21. The summed E-state index contributed by atoms with van der Waals surface area (Å²) in [6.07, 6.45) is 16.9. The Hall–Kier alpha value is -0.0700. The van der Waals surface area contributed by atoms with E-state index in [1.807, 2.05) is 6.92 Å². The Morgan fingerprint density at radius 1 is 0.812 bits per heavy atom. The van der Waals surface area contributed by atoms with Gasteiger partial charge in [0.15, 0.2) is 0 Å². The zero-order valence-corrected chi connectivity index (χ0v) is 24.0. The van der Waals surface area contributed by atoms with Gasteiger partial charge in [-0.05, 0) is 50.2 Å². The maximum absolute atomic E-state index is 11.0. The molecular weight excluding hydrogens is 431 g/mol. The average Bonchev–Trinajstić information content (AvgIpc) is 2.72. The zero-order chi connectivity index (χ0) is 23.0. The molecule has 4 nitrogen and oxygen atoms in total. The fourth-order valence-electron chi connectivity index (χ4n) is 3.95. The van der Waals surface area contributed by atoms with Gasteiger partial charge in [-0.2, -0.15) is 0 Å². The van der Waals surface area contributed by atoms with Crippen LogP contribution in [0.1, 0.15) is 115 Å². The van der Waals surface area contributed by atoms with Crippen LogP contribution in [0.15, 0.2) is 18.2 Å². The zero-order valence-electron chi connectivity index (χ0n) is 21.2. The molecule has 0 aliphatic heterocycles. The van der Waals surface area contributed by atoms with Crippen LogP contribution in [0.25, 0.3) is 0 Å². The van der Waals surface area contributed by atoms with E-state index < -0.39 is 10.1 Å². The molecule has 0 fully saturated rings. The van der Waals surface area contributed by atoms with Crippen molar-refractivity contribution in [3.8, 4) is 5.75 Å². The second-order valence-electron chi connectivity index (χ2n) is 8.92. The molecule has 0 heterocycles. The maximum Gasteiger partial charge on any atom is 1.00 e. The number of hydrogen-bond donors (Lipinski definition) is 0. The first kappa shape index (κ1) is 31.9. The Bertz CT molecular complexity index is 657. The summed E-state index contributed by atoms with van der Waals surface area (Å²) < 4.78 is 39.3. The van der Waals surface area contributed by atoms with Crippen LogP contribution in [0.2, 0.25) is 0 Å². The molecule has 0 saturated heterocycles. The van der Waals surface area contributed by atoms with Crippen LogP contribution in [0, 0.1) is 0 Å². The molecule has 1 unspecified atom stereocenters. The molecule has 1 atom stereocenters. The number of hydrogen-bond acceptors (Lipinski definition) is 4. The van der Waals surface area contributed by atoms with Crippen molar-refractivity contribution in [1.29, 1.82) is 0 Å². The molecule has 180 valence electrons. The van der Waals surface area contributed by atoms with Crippen LogP contribution in [0.5, 0.6) is 5.75 Å². The summed E-state index contributed by atoms with van der Waals surface area (Å²) in [5, 5.41) is 0. The van der Waals surface area contributed by atoms with Gasteiger partial charge in [0.2, 0.25) is 0 Å². The molecule has 32 heavy (non-hydrogen) atoms. The number of rotatable bonds is 19. The van der Waals surface area contributed by atoms with Gasteiger partial charge < -0.3 is 9.29 Å². The van der Waals surface area contributed by atoms with Crippen molar-refractivity contribution in [3.63, 3.8) is 0 Å². The molecule has 0 amide bonds. The summed E-state index contributed by atoms with van der Waals surface area (Å²) in [6, 6.07) is 6.41.